The van der Waals surface area contributed by atoms with Crippen molar-refractivity contribution in [1.82, 2.24) is 15.0 Å². The molecule has 0 fully saturated rings. The van der Waals surface area contributed by atoms with Crippen molar-refractivity contribution < 1.29 is 4.42 Å². The second kappa shape index (κ2) is 11.2. The van der Waals surface area contributed by atoms with Crippen LogP contribution < -0.4 is 4.90 Å². The fourth-order valence-corrected chi connectivity index (χ4v) is 7.85. The second-order valence-corrected chi connectivity index (χ2v) is 13.2. The van der Waals surface area contributed by atoms with Crippen LogP contribution in [-0.4, -0.2) is 15.0 Å². The van der Waals surface area contributed by atoms with Gasteiger partial charge >= 0.3 is 0 Å². The summed E-state index contributed by atoms with van der Waals surface area (Å²) < 4.78 is 6.32. The van der Waals surface area contributed by atoms with Gasteiger partial charge in [-0.15, -0.1) is 0 Å². The van der Waals surface area contributed by atoms with E-state index in [-0.39, 0.29) is 0 Å². The molecule has 0 bridgehead atoms. The number of rotatable bonds is 4. The van der Waals surface area contributed by atoms with Crippen molar-refractivity contribution in [2.24, 2.45) is 0 Å². The van der Waals surface area contributed by atoms with Crippen LogP contribution in [0.5, 0.6) is 0 Å². The van der Waals surface area contributed by atoms with Crippen molar-refractivity contribution in [2.75, 3.05) is 4.90 Å². The molecule has 0 radical (unpaired) electrons. The molecule has 0 N–H and O–H groups in total. The smallest absolute Gasteiger partial charge is 0.238 e. The van der Waals surface area contributed by atoms with Crippen molar-refractivity contribution in [3.63, 3.8) is 0 Å². The first kappa shape index (κ1) is 28.7. The highest BCUT2D eigenvalue weighted by Crippen LogP contribution is 2.51. The molecule has 0 saturated heterocycles. The van der Waals surface area contributed by atoms with E-state index < -0.39 is 0 Å². The summed E-state index contributed by atoms with van der Waals surface area (Å²) in [5, 5.41) is 6.68. The van der Waals surface area contributed by atoms with Crippen molar-refractivity contribution in [3.05, 3.63) is 170 Å². The summed E-state index contributed by atoms with van der Waals surface area (Å²) in [7, 11) is 0. The molecular formula is C47H28N4O. The average molecular weight is 665 g/mol. The van der Waals surface area contributed by atoms with Gasteiger partial charge in [-0.05, 0) is 69.2 Å². The van der Waals surface area contributed by atoms with Crippen molar-refractivity contribution >= 4 is 60.8 Å². The third-order valence-corrected chi connectivity index (χ3v) is 10.2. The summed E-state index contributed by atoms with van der Waals surface area (Å²) in [4.78, 5) is 18.2. The Morgan fingerprint density at radius 2 is 1.04 bits per heavy atom. The van der Waals surface area contributed by atoms with Crippen LogP contribution in [-0.2, 0) is 0 Å². The zero-order valence-electron chi connectivity index (χ0n) is 27.9. The van der Waals surface area contributed by atoms with Crippen LogP contribution in [0.1, 0.15) is 0 Å². The Morgan fingerprint density at radius 1 is 0.385 bits per heavy atom. The number of para-hydroxylation sites is 1. The molecule has 0 amide bonds. The Morgan fingerprint density at radius 3 is 1.94 bits per heavy atom. The number of benzene rings is 8. The molecule has 5 nitrogen and oxygen atoms in total. The predicted octanol–water partition coefficient (Wildman–Crippen LogP) is 12.5. The van der Waals surface area contributed by atoms with Crippen LogP contribution in [0.25, 0.3) is 88.5 Å². The number of anilines is 3. The minimum atomic E-state index is 0.549. The average Bonchev–Trinajstić information content (AvgIpc) is 3.60. The first-order chi connectivity index (χ1) is 25.8. The Kier molecular flexibility index (Phi) is 6.18. The first-order valence-electron chi connectivity index (χ1n) is 17.4. The minimum Gasteiger partial charge on any atom is -0.456 e. The van der Waals surface area contributed by atoms with Gasteiger partial charge in [0.25, 0.3) is 0 Å². The maximum absolute atomic E-state index is 6.32. The van der Waals surface area contributed by atoms with Crippen LogP contribution in [0.4, 0.5) is 17.3 Å². The molecule has 0 spiro atoms. The van der Waals surface area contributed by atoms with Gasteiger partial charge in [-0.2, -0.15) is 9.97 Å². The molecule has 8 aromatic carbocycles. The van der Waals surface area contributed by atoms with Gasteiger partial charge in [0.15, 0.2) is 11.6 Å². The number of hydrogen-bond donors (Lipinski definition) is 0. The molecule has 11 rings (SSSR count). The van der Waals surface area contributed by atoms with E-state index in [2.05, 4.69) is 138 Å². The quantitative estimate of drug-likeness (QED) is 0.187. The fourth-order valence-electron chi connectivity index (χ4n) is 7.85. The zero-order chi connectivity index (χ0) is 34.2. The van der Waals surface area contributed by atoms with Crippen LogP contribution in [0, 0.1) is 0 Å². The van der Waals surface area contributed by atoms with Gasteiger partial charge < -0.3 is 4.42 Å². The van der Waals surface area contributed by atoms with Gasteiger partial charge in [-0.3, -0.25) is 4.90 Å². The Bertz CT molecular complexity index is 3030. The summed E-state index contributed by atoms with van der Waals surface area (Å²) in [6.45, 7) is 0. The van der Waals surface area contributed by atoms with E-state index in [4.69, 9.17) is 19.4 Å². The number of fused-ring (bicyclic) bond motifs is 6. The lowest BCUT2D eigenvalue weighted by atomic mass is 9.90. The van der Waals surface area contributed by atoms with E-state index in [0.29, 0.717) is 17.6 Å². The molecule has 0 saturated carbocycles. The maximum Gasteiger partial charge on any atom is 0.238 e. The van der Waals surface area contributed by atoms with Crippen LogP contribution in [0.15, 0.2) is 174 Å². The lowest BCUT2D eigenvalue weighted by molar-refractivity contribution is 0.669. The maximum atomic E-state index is 6.32. The molecule has 3 heterocycles. The zero-order valence-corrected chi connectivity index (χ0v) is 27.9. The van der Waals surface area contributed by atoms with E-state index in [1.165, 1.54) is 21.7 Å². The van der Waals surface area contributed by atoms with Gasteiger partial charge in [-0.25, -0.2) is 4.98 Å². The van der Waals surface area contributed by atoms with Crippen molar-refractivity contribution in [3.8, 4) is 45.0 Å². The Balaban J connectivity index is 1.22. The van der Waals surface area contributed by atoms with Gasteiger partial charge in [-0.1, -0.05) is 133 Å². The lowest BCUT2D eigenvalue weighted by Crippen LogP contribution is -2.19. The molecule has 242 valence electrons. The molecule has 1 aliphatic rings. The highest BCUT2D eigenvalue weighted by Gasteiger charge is 2.29. The van der Waals surface area contributed by atoms with E-state index in [1.54, 1.807) is 0 Å². The summed E-state index contributed by atoms with van der Waals surface area (Å²) in [6, 6.07) is 59.2. The van der Waals surface area contributed by atoms with E-state index >= 15 is 0 Å². The van der Waals surface area contributed by atoms with E-state index in [0.717, 1.165) is 66.5 Å². The molecule has 2 aromatic heterocycles. The van der Waals surface area contributed by atoms with Crippen molar-refractivity contribution in [2.45, 2.75) is 0 Å². The van der Waals surface area contributed by atoms with Crippen molar-refractivity contribution in [1.29, 1.82) is 0 Å². The SMILES string of the molecule is c1ccc(-c2cccc(-c3nc(-c4cccc5oc6ccccc6c45)nc(N4c5cc6ccccc6cc5-c5cccc6cccc4c56)n3)c2)cc1. The van der Waals surface area contributed by atoms with Gasteiger partial charge in [0, 0.05) is 32.8 Å². The molecule has 0 atom stereocenters. The molecule has 1 aliphatic heterocycles. The second-order valence-electron chi connectivity index (χ2n) is 13.2. The molecule has 5 heteroatoms. The molecule has 10 aromatic rings. The monoisotopic (exact) mass is 664 g/mol. The standard InChI is InChI=1S/C47H28N4O/c1-2-12-29(13-3-1)31-18-8-19-34(26-31)45-48-46(37-22-11-25-42-44(37)36-20-6-7-24-41(36)52-42)50-47(49-45)51-39-23-10-17-30-16-9-21-35(43(30)39)38-27-32-14-4-5-15-33(32)28-40(38)51/h1-28H. The highest BCUT2D eigenvalue weighted by atomic mass is 16.3. The first-order valence-corrected chi connectivity index (χ1v) is 17.4. The Labute approximate surface area is 299 Å². The van der Waals surface area contributed by atoms with Crippen LogP contribution in [0.2, 0.25) is 0 Å². The molecular weight excluding hydrogens is 637 g/mol. The number of nitrogens with zero attached hydrogens (tertiary/aromatic N) is 4. The van der Waals surface area contributed by atoms with Gasteiger partial charge in [0.2, 0.25) is 5.95 Å². The molecule has 0 aliphatic carbocycles. The van der Waals surface area contributed by atoms with Crippen LogP contribution in [0.3, 0.4) is 0 Å². The van der Waals surface area contributed by atoms with Crippen LogP contribution >= 0.6 is 0 Å². The number of furan rings is 1. The van der Waals surface area contributed by atoms with Gasteiger partial charge in [0.1, 0.15) is 11.2 Å². The normalized spacial score (nSPS) is 12.2. The largest absolute Gasteiger partial charge is 0.456 e. The van der Waals surface area contributed by atoms with E-state index in [9.17, 15) is 0 Å². The van der Waals surface area contributed by atoms with E-state index in [1.807, 2.05) is 36.4 Å². The fraction of sp³-hybridized carbons (Fsp3) is 0. The third kappa shape index (κ3) is 4.39. The number of aromatic nitrogens is 3. The summed E-state index contributed by atoms with van der Waals surface area (Å²) >= 11 is 0. The topological polar surface area (TPSA) is 55.1 Å². The highest BCUT2D eigenvalue weighted by molar-refractivity contribution is 6.15. The summed E-state index contributed by atoms with van der Waals surface area (Å²) in [5.41, 5.74) is 10.0. The third-order valence-electron chi connectivity index (χ3n) is 10.2. The molecule has 52 heavy (non-hydrogen) atoms. The summed E-state index contributed by atoms with van der Waals surface area (Å²) in [5.74, 6) is 1.72. The van der Waals surface area contributed by atoms with Gasteiger partial charge in [0.05, 0.1) is 11.4 Å². The Hall–Kier alpha value is -7.11. The molecule has 0 unspecified atom stereocenters. The summed E-state index contributed by atoms with van der Waals surface area (Å²) in [6.07, 6.45) is 0. The number of hydrogen-bond acceptors (Lipinski definition) is 5. The predicted molar refractivity (Wildman–Crippen MR) is 212 cm³/mol. The lowest BCUT2D eigenvalue weighted by Gasteiger charge is -2.32. The minimum absolute atomic E-state index is 0.549.